The lowest BCUT2D eigenvalue weighted by molar-refractivity contribution is -0.148. The minimum atomic E-state index is -0.606. The van der Waals surface area contributed by atoms with Crippen LogP contribution in [0.3, 0.4) is 0 Å². The number of fused-ring (bicyclic) bond motifs is 1. The van der Waals surface area contributed by atoms with Crippen LogP contribution in [-0.4, -0.2) is 57.6 Å². The van der Waals surface area contributed by atoms with E-state index in [0.717, 1.165) is 11.1 Å². The number of benzene rings is 1. The lowest BCUT2D eigenvalue weighted by atomic mass is 9.82. The molecule has 1 aliphatic carbocycles. The molecular formula is C28H30FN3O4. The van der Waals surface area contributed by atoms with Crippen molar-refractivity contribution < 1.29 is 23.2 Å². The molecular weight excluding hydrogens is 461 g/mol. The van der Waals surface area contributed by atoms with Crippen LogP contribution < -0.4 is 0 Å². The number of hydrogen-bond acceptors (Lipinski definition) is 5. The standard InChI is InChI=1S/C28H30FN3O4/c1-16(2)21-13-22(17-5-7-19(29)8-6-17)30-23-14-24(36-25(21)23)27(35)32-10-9-31(15-28(32,3)4)26(34)18-11-20(33)12-18/h5-8,13-14,16,18H,9-12,15H2,1-4H3. The van der Waals surface area contributed by atoms with Gasteiger partial charge in [0.2, 0.25) is 5.91 Å². The van der Waals surface area contributed by atoms with E-state index in [1.54, 1.807) is 28.0 Å². The van der Waals surface area contributed by atoms with Crippen LogP contribution in [0.2, 0.25) is 0 Å². The Balaban J connectivity index is 1.42. The summed E-state index contributed by atoms with van der Waals surface area (Å²) in [7, 11) is 0. The second-order valence-electron chi connectivity index (χ2n) is 10.8. The smallest absolute Gasteiger partial charge is 0.290 e. The van der Waals surface area contributed by atoms with Gasteiger partial charge in [0, 0.05) is 49.7 Å². The van der Waals surface area contributed by atoms with E-state index in [-0.39, 0.29) is 41.0 Å². The third-order valence-corrected chi connectivity index (χ3v) is 7.24. The van der Waals surface area contributed by atoms with Crippen molar-refractivity contribution in [3.8, 4) is 11.3 Å². The Morgan fingerprint density at radius 3 is 2.42 bits per heavy atom. The number of pyridine rings is 1. The average molecular weight is 492 g/mol. The van der Waals surface area contributed by atoms with Crippen LogP contribution in [-0.2, 0) is 9.59 Å². The normalized spacial score (nSPS) is 18.1. The molecule has 1 aliphatic heterocycles. The Kier molecular flexibility index (Phi) is 5.93. The van der Waals surface area contributed by atoms with Crippen molar-refractivity contribution in [2.75, 3.05) is 19.6 Å². The molecule has 2 aliphatic rings. The van der Waals surface area contributed by atoms with Gasteiger partial charge in [0.25, 0.3) is 5.91 Å². The first kappa shape index (κ1) is 24.2. The molecule has 8 heteroatoms. The van der Waals surface area contributed by atoms with Gasteiger partial charge in [-0.1, -0.05) is 13.8 Å². The zero-order chi connectivity index (χ0) is 25.8. The number of piperazine rings is 1. The van der Waals surface area contributed by atoms with Gasteiger partial charge in [-0.3, -0.25) is 14.4 Å². The zero-order valence-electron chi connectivity index (χ0n) is 21.0. The molecule has 0 atom stereocenters. The van der Waals surface area contributed by atoms with Crippen molar-refractivity contribution in [3.63, 3.8) is 0 Å². The van der Waals surface area contributed by atoms with Gasteiger partial charge in [0.1, 0.15) is 17.1 Å². The molecule has 1 saturated heterocycles. The number of hydrogen-bond donors (Lipinski definition) is 0. The van der Waals surface area contributed by atoms with Crippen molar-refractivity contribution in [2.24, 2.45) is 5.92 Å². The summed E-state index contributed by atoms with van der Waals surface area (Å²) in [5, 5.41) is 0. The van der Waals surface area contributed by atoms with Crippen molar-refractivity contribution in [2.45, 2.75) is 52.0 Å². The van der Waals surface area contributed by atoms with Crippen LogP contribution in [0, 0.1) is 11.7 Å². The number of ketones is 1. The maximum atomic E-state index is 13.6. The summed E-state index contributed by atoms with van der Waals surface area (Å²) in [6, 6.07) is 9.76. The van der Waals surface area contributed by atoms with E-state index in [1.807, 2.05) is 33.8 Å². The maximum Gasteiger partial charge on any atom is 0.290 e. The Hall–Kier alpha value is -3.55. The summed E-state index contributed by atoms with van der Waals surface area (Å²) in [6.45, 7) is 9.15. The number of furan rings is 1. The molecule has 0 bridgehead atoms. The third kappa shape index (κ3) is 4.29. The van der Waals surface area contributed by atoms with E-state index in [9.17, 15) is 18.8 Å². The van der Waals surface area contributed by atoms with E-state index in [0.29, 0.717) is 49.3 Å². The predicted molar refractivity (Wildman–Crippen MR) is 133 cm³/mol. The van der Waals surface area contributed by atoms with E-state index in [4.69, 9.17) is 9.40 Å². The molecule has 1 aromatic carbocycles. The van der Waals surface area contributed by atoms with Crippen molar-refractivity contribution in [1.82, 2.24) is 14.8 Å². The first-order valence-corrected chi connectivity index (χ1v) is 12.4. The highest BCUT2D eigenvalue weighted by Gasteiger charge is 2.43. The zero-order valence-corrected chi connectivity index (χ0v) is 21.0. The molecule has 5 rings (SSSR count). The van der Waals surface area contributed by atoms with Gasteiger partial charge in [0.05, 0.1) is 17.2 Å². The Bertz CT molecular complexity index is 1350. The quantitative estimate of drug-likeness (QED) is 0.524. The molecule has 0 radical (unpaired) electrons. The number of amides is 2. The number of carbonyl (C=O) groups excluding carboxylic acids is 3. The van der Waals surface area contributed by atoms with E-state index in [1.165, 1.54) is 12.1 Å². The van der Waals surface area contributed by atoms with Gasteiger partial charge in [-0.25, -0.2) is 9.37 Å². The van der Waals surface area contributed by atoms with Crippen molar-refractivity contribution in [3.05, 3.63) is 53.5 Å². The van der Waals surface area contributed by atoms with Crippen LogP contribution >= 0.6 is 0 Å². The third-order valence-electron chi connectivity index (χ3n) is 7.24. The average Bonchev–Trinajstić information content (AvgIpc) is 3.24. The van der Waals surface area contributed by atoms with E-state index >= 15 is 0 Å². The summed E-state index contributed by atoms with van der Waals surface area (Å²) < 4.78 is 19.5. The molecule has 2 amide bonds. The van der Waals surface area contributed by atoms with Crippen LogP contribution in [0.25, 0.3) is 22.4 Å². The van der Waals surface area contributed by atoms with E-state index < -0.39 is 5.54 Å². The van der Waals surface area contributed by atoms with Gasteiger partial charge in [0.15, 0.2) is 11.3 Å². The SMILES string of the molecule is CC(C)c1cc(-c2ccc(F)cc2)nc2cc(C(=O)N3CCN(C(=O)C4CC(=O)C4)CC3(C)C)oc12. The first-order chi connectivity index (χ1) is 17.0. The first-order valence-electron chi connectivity index (χ1n) is 12.4. The van der Waals surface area contributed by atoms with Crippen LogP contribution in [0.1, 0.15) is 62.6 Å². The fraction of sp³-hybridized carbons (Fsp3) is 0.429. The van der Waals surface area contributed by atoms with Crippen LogP contribution in [0.15, 0.2) is 40.8 Å². The molecule has 0 spiro atoms. The van der Waals surface area contributed by atoms with Crippen LogP contribution in [0.5, 0.6) is 0 Å². The molecule has 188 valence electrons. The number of nitrogens with zero attached hydrogens (tertiary/aromatic N) is 3. The molecule has 1 saturated carbocycles. The maximum absolute atomic E-state index is 13.6. The number of Topliss-reactive ketones (excluding diaryl/α,β-unsaturated/α-hetero) is 1. The van der Waals surface area contributed by atoms with Gasteiger partial charge < -0.3 is 14.2 Å². The highest BCUT2D eigenvalue weighted by Crippen LogP contribution is 2.34. The van der Waals surface area contributed by atoms with Gasteiger partial charge >= 0.3 is 0 Å². The summed E-state index contributed by atoms with van der Waals surface area (Å²) in [6.07, 6.45) is 0.644. The molecule has 0 unspecified atom stereocenters. The second kappa shape index (κ2) is 8.84. The number of aromatic nitrogens is 1. The predicted octanol–water partition coefficient (Wildman–Crippen LogP) is 4.80. The topological polar surface area (TPSA) is 83.7 Å². The van der Waals surface area contributed by atoms with Gasteiger partial charge in [-0.15, -0.1) is 0 Å². The van der Waals surface area contributed by atoms with Crippen LogP contribution in [0.4, 0.5) is 4.39 Å². The number of rotatable bonds is 4. The molecule has 2 fully saturated rings. The molecule has 2 aromatic heterocycles. The fourth-order valence-corrected chi connectivity index (χ4v) is 5.12. The lowest BCUT2D eigenvalue weighted by Crippen LogP contribution is -2.63. The Morgan fingerprint density at radius 1 is 1.11 bits per heavy atom. The van der Waals surface area contributed by atoms with Gasteiger partial charge in [-0.2, -0.15) is 0 Å². The summed E-state index contributed by atoms with van der Waals surface area (Å²) >= 11 is 0. The Morgan fingerprint density at radius 2 is 1.81 bits per heavy atom. The summed E-state index contributed by atoms with van der Waals surface area (Å²) in [5.74, 6) is -0.337. The molecule has 3 heterocycles. The minimum Gasteiger partial charge on any atom is -0.449 e. The number of carbonyl (C=O) groups is 3. The van der Waals surface area contributed by atoms with E-state index in [2.05, 4.69) is 0 Å². The Labute approximate surface area is 209 Å². The minimum absolute atomic E-state index is 0.00221. The monoisotopic (exact) mass is 491 g/mol. The van der Waals surface area contributed by atoms with Crippen molar-refractivity contribution >= 4 is 28.7 Å². The highest BCUT2D eigenvalue weighted by molar-refractivity contribution is 5.98. The molecule has 7 nitrogen and oxygen atoms in total. The lowest BCUT2D eigenvalue weighted by Gasteiger charge is -2.47. The highest BCUT2D eigenvalue weighted by atomic mass is 19.1. The fourth-order valence-electron chi connectivity index (χ4n) is 5.12. The van der Waals surface area contributed by atoms with Gasteiger partial charge in [-0.05, 0) is 50.1 Å². The van der Waals surface area contributed by atoms with Crippen molar-refractivity contribution in [1.29, 1.82) is 0 Å². The molecule has 3 aromatic rings. The molecule has 0 N–H and O–H groups in total. The largest absolute Gasteiger partial charge is 0.449 e. The second-order valence-corrected chi connectivity index (χ2v) is 10.8. The number of halogens is 1. The summed E-state index contributed by atoms with van der Waals surface area (Å²) in [5.41, 5.74) is 2.93. The summed E-state index contributed by atoms with van der Waals surface area (Å²) in [4.78, 5) is 45.9. The molecule has 36 heavy (non-hydrogen) atoms.